The van der Waals surface area contributed by atoms with Crippen LogP contribution in [0.4, 0.5) is 5.95 Å². The summed E-state index contributed by atoms with van der Waals surface area (Å²) in [6, 6.07) is 10.1. The topological polar surface area (TPSA) is 69.1 Å². The number of benzene rings is 1. The number of likely N-dealkylation sites (N-methyl/N-ethyl adjacent to an activating group) is 1. The quantitative estimate of drug-likeness (QED) is 0.269. The Morgan fingerprint density at radius 3 is 2.30 bits per heavy atom. The van der Waals surface area contributed by atoms with Crippen LogP contribution < -0.4 is 15.0 Å². The van der Waals surface area contributed by atoms with Crippen molar-refractivity contribution in [3.8, 4) is 5.75 Å². The van der Waals surface area contributed by atoms with Crippen LogP contribution in [0.25, 0.3) is 0 Å². The molecule has 1 saturated heterocycles. The largest absolute Gasteiger partial charge is 0.492 e. The van der Waals surface area contributed by atoms with Crippen LogP contribution in [0.3, 0.4) is 0 Å². The van der Waals surface area contributed by atoms with E-state index in [2.05, 4.69) is 62.9 Å². The second kappa shape index (κ2) is 14.9. The Morgan fingerprint density at radius 1 is 1.03 bits per heavy atom. The maximum absolute atomic E-state index is 5.89. The molecule has 1 aliphatic rings. The molecule has 1 N–H and O–H groups in total. The molecule has 1 aromatic heterocycles. The van der Waals surface area contributed by atoms with Crippen molar-refractivity contribution < 1.29 is 4.74 Å². The number of aliphatic imine (C=N–C) groups is 1. The Morgan fingerprint density at radius 2 is 1.70 bits per heavy atom. The van der Waals surface area contributed by atoms with Crippen LogP contribution in [0.5, 0.6) is 5.75 Å². The number of guanidine groups is 1. The van der Waals surface area contributed by atoms with Crippen molar-refractivity contribution >= 4 is 35.9 Å². The lowest BCUT2D eigenvalue weighted by atomic mass is 10.2. The van der Waals surface area contributed by atoms with Crippen molar-refractivity contribution in [3.05, 3.63) is 48.3 Å². The van der Waals surface area contributed by atoms with Crippen molar-refractivity contribution in [1.29, 1.82) is 0 Å². The number of hydrogen-bond acceptors (Lipinski definition) is 6. The molecular formula is C24H38IN7O. The summed E-state index contributed by atoms with van der Waals surface area (Å²) in [5.74, 6) is 2.67. The Kier molecular flexibility index (Phi) is 12.2. The number of aromatic nitrogens is 2. The van der Waals surface area contributed by atoms with Gasteiger partial charge in [0.1, 0.15) is 12.4 Å². The van der Waals surface area contributed by atoms with E-state index in [-0.39, 0.29) is 24.0 Å². The molecule has 0 atom stereocenters. The molecule has 1 fully saturated rings. The number of nitrogens with one attached hydrogen (secondary N) is 1. The lowest BCUT2D eigenvalue weighted by Gasteiger charge is -2.36. The monoisotopic (exact) mass is 567 g/mol. The van der Waals surface area contributed by atoms with Crippen molar-refractivity contribution in [2.75, 3.05) is 63.9 Å². The number of ether oxygens (including phenoxy) is 1. The van der Waals surface area contributed by atoms with Crippen LogP contribution in [-0.2, 0) is 6.54 Å². The average Bonchev–Trinajstić information content (AvgIpc) is 2.86. The zero-order valence-electron chi connectivity index (χ0n) is 20.1. The van der Waals surface area contributed by atoms with E-state index in [0.717, 1.165) is 70.0 Å². The molecule has 0 saturated carbocycles. The number of anilines is 1. The minimum absolute atomic E-state index is 0. The molecule has 0 unspecified atom stereocenters. The normalized spacial score (nSPS) is 14.2. The molecule has 0 aliphatic carbocycles. The summed E-state index contributed by atoms with van der Waals surface area (Å²) in [5.41, 5.74) is 1.17. The fourth-order valence-electron chi connectivity index (χ4n) is 3.69. The van der Waals surface area contributed by atoms with Crippen molar-refractivity contribution in [2.45, 2.75) is 27.3 Å². The third kappa shape index (κ3) is 8.62. The second-order valence-corrected chi connectivity index (χ2v) is 7.71. The predicted octanol–water partition coefficient (Wildman–Crippen LogP) is 3.10. The first kappa shape index (κ1) is 27.1. The summed E-state index contributed by atoms with van der Waals surface area (Å²) >= 11 is 0. The number of nitrogens with zero attached hydrogens (tertiary/aromatic N) is 6. The van der Waals surface area contributed by atoms with E-state index >= 15 is 0 Å². The van der Waals surface area contributed by atoms with Gasteiger partial charge in [-0.05, 0) is 43.8 Å². The zero-order valence-corrected chi connectivity index (χ0v) is 22.4. The summed E-state index contributed by atoms with van der Waals surface area (Å²) in [7, 11) is 0. The Balaban J connectivity index is 0.00000385. The summed E-state index contributed by atoms with van der Waals surface area (Å²) < 4.78 is 5.89. The lowest BCUT2D eigenvalue weighted by Crippen LogP contribution is -2.52. The van der Waals surface area contributed by atoms with Gasteiger partial charge in [-0.15, -0.1) is 24.0 Å². The van der Waals surface area contributed by atoms with Crippen LogP contribution in [0, 0.1) is 0 Å². The fourth-order valence-corrected chi connectivity index (χ4v) is 3.69. The predicted molar refractivity (Wildman–Crippen MR) is 146 cm³/mol. The van der Waals surface area contributed by atoms with E-state index in [4.69, 9.17) is 9.73 Å². The molecule has 0 radical (unpaired) electrons. The van der Waals surface area contributed by atoms with Crippen LogP contribution in [0.15, 0.2) is 47.7 Å². The zero-order chi connectivity index (χ0) is 22.6. The van der Waals surface area contributed by atoms with Crippen molar-refractivity contribution in [1.82, 2.24) is 25.1 Å². The lowest BCUT2D eigenvalue weighted by molar-refractivity contribution is 0.223. The first-order valence-electron chi connectivity index (χ1n) is 11.7. The molecule has 0 amide bonds. The van der Waals surface area contributed by atoms with Gasteiger partial charge in [0, 0.05) is 51.7 Å². The molecule has 0 spiro atoms. The number of rotatable bonds is 10. The van der Waals surface area contributed by atoms with Crippen LogP contribution in [0.1, 0.15) is 26.3 Å². The van der Waals surface area contributed by atoms with Gasteiger partial charge in [-0.2, -0.15) is 0 Å². The summed E-state index contributed by atoms with van der Waals surface area (Å²) in [4.78, 5) is 20.5. The highest BCUT2D eigenvalue weighted by molar-refractivity contribution is 14.0. The van der Waals surface area contributed by atoms with Crippen LogP contribution >= 0.6 is 24.0 Å². The van der Waals surface area contributed by atoms with Crippen molar-refractivity contribution in [2.24, 2.45) is 4.99 Å². The minimum Gasteiger partial charge on any atom is -0.492 e. The molecule has 1 aliphatic heterocycles. The minimum atomic E-state index is 0. The average molecular weight is 568 g/mol. The number of halogens is 1. The smallest absolute Gasteiger partial charge is 0.225 e. The second-order valence-electron chi connectivity index (χ2n) is 7.71. The third-order valence-electron chi connectivity index (χ3n) is 5.65. The third-order valence-corrected chi connectivity index (χ3v) is 5.65. The van der Waals surface area contributed by atoms with E-state index in [1.54, 1.807) is 12.4 Å². The Labute approximate surface area is 215 Å². The van der Waals surface area contributed by atoms with Gasteiger partial charge in [0.05, 0.1) is 6.54 Å². The number of piperazine rings is 1. The van der Waals surface area contributed by atoms with Crippen LogP contribution in [0.2, 0.25) is 0 Å². The van der Waals surface area contributed by atoms with Crippen LogP contribution in [-0.4, -0.2) is 84.7 Å². The van der Waals surface area contributed by atoms with E-state index < -0.39 is 0 Å². The Bertz CT molecular complexity index is 807. The molecule has 182 valence electrons. The highest BCUT2D eigenvalue weighted by Gasteiger charge is 2.21. The van der Waals surface area contributed by atoms with E-state index in [1.165, 1.54) is 5.56 Å². The maximum Gasteiger partial charge on any atom is 0.225 e. The van der Waals surface area contributed by atoms with E-state index in [9.17, 15) is 0 Å². The van der Waals surface area contributed by atoms with E-state index in [0.29, 0.717) is 13.2 Å². The SMILES string of the molecule is CCNC(=NCc1ccc(OCCN(CC)CC)cc1)N1CCN(c2ncccn2)CC1.I. The molecule has 33 heavy (non-hydrogen) atoms. The fraction of sp³-hybridized carbons (Fsp3) is 0.542. The van der Waals surface area contributed by atoms with Crippen molar-refractivity contribution in [3.63, 3.8) is 0 Å². The summed E-state index contributed by atoms with van der Waals surface area (Å²) in [6.07, 6.45) is 3.59. The van der Waals surface area contributed by atoms with Gasteiger partial charge in [0.2, 0.25) is 5.95 Å². The van der Waals surface area contributed by atoms with Gasteiger partial charge in [-0.3, -0.25) is 0 Å². The molecular weight excluding hydrogens is 529 g/mol. The highest BCUT2D eigenvalue weighted by Crippen LogP contribution is 2.14. The van der Waals surface area contributed by atoms with Gasteiger partial charge >= 0.3 is 0 Å². The van der Waals surface area contributed by atoms with Gasteiger partial charge in [-0.1, -0.05) is 26.0 Å². The molecule has 1 aromatic carbocycles. The Hall–Kier alpha value is -2.14. The van der Waals surface area contributed by atoms with Gasteiger partial charge in [-0.25, -0.2) is 15.0 Å². The number of hydrogen-bond donors (Lipinski definition) is 1. The maximum atomic E-state index is 5.89. The van der Waals surface area contributed by atoms with Gasteiger partial charge < -0.3 is 24.8 Å². The standard InChI is InChI=1S/C24H37N7O.HI/c1-4-25-23(30-14-16-31(17-15-30)24-26-12-7-13-27-24)28-20-21-8-10-22(11-9-21)32-19-18-29(5-2)6-3;/h7-13H,4-6,14-20H2,1-3H3,(H,25,28);1H. The summed E-state index contributed by atoms with van der Waals surface area (Å²) in [6.45, 7) is 15.3. The highest BCUT2D eigenvalue weighted by atomic mass is 127. The molecule has 9 heteroatoms. The molecule has 3 rings (SSSR count). The van der Waals surface area contributed by atoms with Gasteiger partial charge in [0.15, 0.2) is 5.96 Å². The summed E-state index contributed by atoms with van der Waals surface area (Å²) in [5, 5.41) is 3.43. The first-order valence-corrected chi connectivity index (χ1v) is 11.7. The molecule has 2 aromatic rings. The first-order chi connectivity index (χ1) is 15.7. The molecule has 8 nitrogen and oxygen atoms in total. The molecule has 0 bridgehead atoms. The van der Waals surface area contributed by atoms with E-state index in [1.807, 2.05) is 18.2 Å². The molecule has 2 heterocycles. The van der Waals surface area contributed by atoms with Gasteiger partial charge in [0.25, 0.3) is 0 Å².